The Hall–Kier alpha value is -1.42. The normalized spacial score (nSPS) is 12.1. The number of aromatic nitrogens is 2. The number of hydrogen-bond donors (Lipinski definition) is 1. The zero-order valence-corrected chi connectivity index (χ0v) is 10.5. The molecule has 16 heavy (non-hydrogen) atoms. The number of anilines is 1. The third-order valence-electron chi connectivity index (χ3n) is 2.32. The molecule has 0 aliphatic rings. The summed E-state index contributed by atoms with van der Waals surface area (Å²) in [4.78, 5) is 8.27. The molecule has 0 amide bonds. The second-order valence-electron chi connectivity index (χ2n) is 3.49. The van der Waals surface area contributed by atoms with E-state index in [1.54, 1.807) is 12.4 Å². The van der Waals surface area contributed by atoms with Crippen LogP contribution in [0.3, 0.4) is 0 Å². The van der Waals surface area contributed by atoms with E-state index in [1.165, 1.54) is 0 Å². The van der Waals surface area contributed by atoms with Crippen molar-refractivity contribution in [1.29, 1.82) is 0 Å². The van der Waals surface area contributed by atoms with Gasteiger partial charge in [-0.15, -0.1) is 0 Å². The molecule has 0 fully saturated rings. The van der Waals surface area contributed by atoms with E-state index in [0.29, 0.717) is 0 Å². The van der Waals surface area contributed by atoms with Gasteiger partial charge in [-0.3, -0.25) is 4.98 Å². The van der Waals surface area contributed by atoms with E-state index >= 15 is 0 Å². The highest BCUT2D eigenvalue weighted by atomic mass is 79.9. The first kappa shape index (κ1) is 11.1. The van der Waals surface area contributed by atoms with Crippen molar-refractivity contribution in [1.82, 2.24) is 9.97 Å². The smallest absolute Gasteiger partial charge is 0.129 e. The average Bonchev–Trinajstić information content (AvgIpc) is 2.33. The van der Waals surface area contributed by atoms with Crippen LogP contribution in [0.1, 0.15) is 18.5 Å². The fourth-order valence-corrected chi connectivity index (χ4v) is 1.81. The van der Waals surface area contributed by atoms with Gasteiger partial charge in [0.15, 0.2) is 0 Å². The molecule has 2 aromatic heterocycles. The van der Waals surface area contributed by atoms with Crippen LogP contribution in [-0.4, -0.2) is 9.97 Å². The number of halogens is 1. The molecule has 0 saturated carbocycles. The molecule has 2 heterocycles. The molecule has 0 radical (unpaired) electrons. The molecule has 1 atom stereocenters. The van der Waals surface area contributed by atoms with Crippen LogP contribution in [-0.2, 0) is 0 Å². The van der Waals surface area contributed by atoms with Crippen LogP contribution in [0, 0.1) is 0 Å². The summed E-state index contributed by atoms with van der Waals surface area (Å²) in [5.41, 5.74) is 2.14. The number of nitrogens with zero attached hydrogens (tertiary/aromatic N) is 2. The summed E-state index contributed by atoms with van der Waals surface area (Å²) in [6.45, 7) is 2.09. The van der Waals surface area contributed by atoms with Crippen LogP contribution in [0.5, 0.6) is 0 Å². The molecule has 0 spiro atoms. The molecule has 1 unspecified atom stereocenters. The van der Waals surface area contributed by atoms with Gasteiger partial charge in [0.1, 0.15) is 4.60 Å². The molecule has 82 valence electrons. The third-order valence-corrected chi connectivity index (χ3v) is 2.95. The number of hydrogen-bond acceptors (Lipinski definition) is 3. The van der Waals surface area contributed by atoms with Crippen molar-refractivity contribution in [3.05, 3.63) is 53.0 Å². The molecular formula is C12H12BrN3. The summed E-state index contributed by atoms with van der Waals surface area (Å²) in [7, 11) is 0. The van der Waals surface area contributed by atoms with E-state index in [0.717, 1.165) is 15.9 Å². The first-order chi connectivity index (χ1) is 7.77. The van der Waals surface area contributed by atoms with Gasteiger partial charge in [-0.05, 0) is 46.6 Å². The third kappa shape index (κ3) is 2.58. The molecule has 0 aromatic carbocycles. The lowest BCUT2D eigenvalue weighted by Crippen LogP contribution is -2.07. The number of nitrogens with one attached hydrogen (secondary N) is 1. The Morgan fingerprint density at radius 2 is 2.06 bits per heavy atom. The van der Waals surface area contributed by atoms with Crippen LogP contribution < -0.4 is 5.32 Å². The van der Waals surface area contributed by atoms with Gasteiger partial charge in [-0.2, -0.15) is 0 Å². The van der Waals surface area contributed by atoms with E-state index in [4.69, 9.17) is 0 Å². The van der Waals surface area contributed by atoms with Crippen molar-refractivity contribution in [3.8, 4) is 0 Å². The first-order valence-electron chi connectivity index (χ1n) is 5.04. The van der Waals surface area contributed by atoms with Gasteiger partial charge in [0.05, 0.1) is 11.7 Å². The van der Waals surface area contributed by atoms with Crippen LogP contribution in [0.25, 0.3) is 0 Å². The minimum absolute atomic E-state index is 0.203. The summed E-state index contributed by atoms with van der Waals surface area (Å²) < 4.78 is 0.825. The standard InChI is InChI=1S/C12H12BrN3/c1-9(10-4-2-6-14-8-10)16-11-5-3-7-15-12(11)13/h2-9,16H,1H3. The molecular weight excluding hydrogens is 266 g/mol. The maximum absolute atomic E-state index is 4.16. The second-order valence-corrected chi connectivity index (χ2v) is 4.25. The Kier molecular flexibility index (Phi) is 3.51. The van der Waals surface area contributed by atoms with E-state index in [9.17, 15) is 0 Å². The van der Waals surface area contributed by atoms with E-state index < -0.39 is 0 Å². The fourth-order valence-electron chi connectivity index (χ4n) is 1.44. The molecule has 1 N–H and O–H groups in total. The SMILES string of the molecule is CC(Nc1cccnc1Br)c1cccnc1. The molecule has 0 aliphatic carbocycles. The van der Waals surface area contributed by atoms with Crippen LogP contribution in [0.2, 0.25) is 0 Å². The Morgan fingerprint density at radius 1 is 1.25 bits per heavy atom. The fraction of sp³-hybridized carbons (Fsp3) is 0.167. The summed E-state index contributed by atoms with van der Waals surface area (Å²) in [5.74, 6) is 0. The average molecular weight is 278 g/mol. The van der Waals surface area contributed by atoms with Crippen molar-refractivity contribution in [2.45, 2.75) is 13.0 Å². The molecule has 2 aromatic rings. The second kappa shape index (κ2) is 5.07. The van der Waals surface area contributed by atoms with Gasteiger partial charge in [0, 0.05) is 18.6 Å². The highest BCUT2D eigenvalue weighted by molar-refractivity contribution is 9.10. The van der Waals surface area contributed by atoms with Gasteiger partial charge < -0.3 is 5.32 Å². The summed E-state index contributed by atoms with van der Waals surface area (Å²) >= 11 is 3.41. The van der Waals surface area contributed by atoms with Gasteiger partial charge in [0.25, 0.3) is 0 Å². The Labute approximate surface area is 103 Å². The van der Waals surface area contributed by atoms with E-state index in [-0.39, 0.29) is 6.04 Å². The molecule has 2 rings (SSSR count). The lowest BCUT2D eigenvalue weighted by Gasteiger charge is -2.15. The zero-order valence-electron chi connectivity index (χ0n) is 8.89. The number of pyridine rings is 2. The van der Waals surface area contributed by atoms with E-state index in [2.05, 4.69) is 44.2 Å². The minimum atomic E-state index is 0.203. The van der Waals surface area contributed by atoms with Gasteiger partial charge in [-0.25, -0.2) is 4.98 Å². The Bertz CT molecular complexity index is 459. The van der Waals surface area contributed by atoms with Crippen molar-refractivity contribution in [2.24, 2.45) is 0 Å². The Morgan fingerprint density at radius 3 is 2.75 bits per heavy atom. The van der Waals surface area contributed by atoms with Crippen molar-refractivity contribution < 1.29 is 0 Å². The predicted octanol–water partition coefficient (Wildman–Crippen LogP) is 3.41. The quantitative estimate of drug-likeness (QED) is 0.874. The molecule has 0 bridgehead atoms. The lowest BCUT2D eigenvalue weighted by atomic mass is 10.1. The minimum Gasteiger partial charge on any atom is -0.376 e. The van der Waals surface area contributed by atoms with Crippen LogP contribution >= 0.6 is 15.9 Å². The maximum Gasteiger partial charge on any atom is 0.129 e. The maximum atomic E-state index is 4.16. The molecule has 3 nitrogen and oxygen atoms in total. The van der Waals surface area contributed by atoms with Crippen LogP contribution in [0.4, 0.5) is 5.69 Å². The molecule has 4 heteroatoms. The zero-order chi connectivity index (χ0) is 11.4. The van der Waals surface area contributed by atoms with Crippen molar-refractivity contribution >= 4 is 21.6 Å². The molecule has 0 aliphatic heterocycles. The monoisotopic (exact) mass is 277 g/mol. The lowest BCUT2D eigenvalue weighted by molar-refractivity contribution is 0.872. The van der Waals surface area contributed by atoms with Gasteiger partial charge in [-0.1, -0.05) is 6.07 Å². The summed E-state index contributed by atoms with van der Waals surface area (Å²) in [6.07, 6.45) is 5.39. The predicted molar refractivity (Wildman–Crippen MR) is 68.2 cm³/mol. The van der Waals surface area contributed by atoms with Crippen molar-refractivity contribution in [3.63, 3.8) is 0 Å². The molecule has 0 saturated heterocycles. The highest BCUT2D eigenvalue weighted by Crippen LogP contribution is 2.23. The largest absolute Gasteiger partial charge is 0.376 e. The topological polar surface area (TPSA) is 37.8 Å². The number of rotatable bonds is 3. The van der Waals surface area contributed by atoms with Gasteiger partial charge >= 0.3 is 0 Å². The summed E-state index contributed by atoms with van der Waals surface area (Å²) in [6, 6.07) is 8.09. The van der Waals surface area contributed by atoms with E-state index in [1.807, 2.05) is 24.4 Å². The summed E-state index contributed by atoms with van der Waals surface area (Å²) in [5, 5.41) is 3.38. The van der Waals surface area contributed by atoms with Crippen LogP contribution in [0.15, 0.2) is 47.5 Å². The Balaban J connectivity index is 2.14. The highest BCUT2D eigenvalue weighted by Gasteiger charge is 2.07. The van der Waals surface area contributed by atoms with Gasteiger partial charge in [0.2, 0.25) is 0 Å². The van der Waals surface area contributed by atoms with Crippen molar-refractivity contribution in [2.75, 3.05) is 5.32 Å². The first-order valence-corrected chi connectivity index (χ1v) is 5.83.